The maximum atomic E-state index is 5.46. The molecule has 0 saturated carbocycles. The summed E-state index contributed by atoms with van der Waals surface area (Å²) in [4.78, 5) is 0. The first-order valence-electron chi connectivity index (χ1n) is 6.27. The Morgan fingerprint density at radius 1 is 1.35 bits per heavy atom. The zero-order chi connectivity index (χ0) is 11.9. The molecule has 0 radical (unpaired) electrons. The van der Waals surface area contributed by atoms with Gasteiger partial charge in [-0.3, -0.25) is 0 Å². The summed E-state index contributed by atoms with van der Waals surface area (Å²) < 4.78 is 10.7. The van der Waals surface area contributed by atoms with Crippen LogP contribution in [0.2, 0.25) is 0 Å². The van der Waals surface area contributed by atoms with Crippen molar-refractivity contribution in [2.24, 2.45) is 0 Å². The Labute approximate surface area is 103 Å². The smallest absolute Gasteiger partial charge is 0.0716 e. The van der Waals surface area contributed by atoms with Crippen molar-refractivity contribution in [1.82, 2.24) is 5.32 Å². The van der Waals surface area contributed by atoms with Crippen molar-refractivity contribution >= 4 is 0 Å². The molecule has 1 aliphatic rings. The van der Waals surface area contributed by atoms with Crippen LogP contribution in [0.1, 0.15) is 24.0 Å². The molecular weight excluding hydrogens is 214 g/mol. The lowest BCUT2D eigenvalue weighted by molar-refractivity contribution is 0.0698. The number of nitrogens with one attached hydrogen (secondary N) is 1. The van der Waals surface area contributed by atoms with Gasteiger partial charge in [-0.2, -0.15) is 0 Å². The molecule has 1 atom stereocenters. The maximum Gasteiger partial charge on any atom is 0.0716 e. The van der Waals surface area contributed by atoms with E-state index >= 15 is 0 Å². The van der Waals surface area contributed by atoms with E-state index in [-0.39, 0.29) is 0 Å². The number of methoxy groups -OCH3 is 1. The van der Waals surface area contributed by atoms with Crippen LogP contribution in [0, 0.1) is 0 Å². The van der Waals surface area contributed by atoms with Crippen LogP contribution >= 0.6 is 0 Å². The molecule has 1 unspecified atom stereocenters. The predicted molar refractivity (Wildman–Crippen MR) is 67.8 cm³/mol. The number of rotatable bonds is 5. The SMILES string of the molecule is COCc1ccccc1CNC1CCCOC1. The van der Waals surface area contributed by atoms with E-state index in [9.17, 15) is 0 Å². The molecule has 1 fully saturated rings. The highest BCUT2D eigenvalue weighted by atomic mass is 16.5. The molecular formula is C14H21NO2. The Morgan fingerprint density at radius 3 is 2.88 bits per heavy atom. The van der Waals surface area contributed by atoms with Gasteiger partial charge in [0.2, 0.25) is 0 Å². The average molecular weight is 235 g/mol. The maximum absolute atomic E-state index is 5.46. The fourth-order valence-electron chi connectivity index (χ4n) is 2.18. The minimum Gasteiger partial charge on any atom is -0.380 e. The fourth-order valence-corrected chi connectivity index (χ4v) is 2.18. The lowest BCUT2D eigenvalue weighted by atomic mass is 10.1. The van der Waals surface area contributed by atoms with E-state index in [0.29, 0.717) is 12.6 Å². The summed E-state index contributed by atoms with van der Waals surface area (Å²) >= 11 is 0. The Kier molecular flexibility index (Phi) is 4.98. The molecule has 0 bridgehead atoms. The second-order valence-corrected chi connectivity index (χ2v) is 4.50. The normalized spacial score (nSPS) is 20.4. The van der Waals surface area contributed by atoms with Gasteiger partial charge in [0.1, 0.15) is 0 Å². The third-order valence-electron chi connectivity index (χ3n) is 3.16. The first-order chi connectivity index (χ1) is 8.40. The zero-order valence-electron chi connectivity index (χ0n) is 10.4. The van der Waals surface area contributed by atoms with Crippen molar-refractivity contribution < 1.29 is 9.47 Å². The van der Waals surface area contributed by atoms with Crippen LogP contribution in [0.4, 0.5) is 0 Å². The van der Waals surface area contributed by atoms with E-state index in [0.717, 1.165) is 26.2 Å². The lowest BCUT2D eigenvalue weighted by Crippen LogP contribution is -2.36. The molecule has 3 heteroatoms. The fraction of sp³-hybridized carbons (Fsp3) is 0.571. The highest BCUT2D eigenvalue weighted by Crippen LogP contribution is 2.12. The first-order valence-corrected chi connectivity index (χ1v) is 6.27. The van der Waals surface area contributed by atoms with E-state index in [2.05, 4.69) is 29.6 Å². The molecule has 1 aromatic carbocycles. The Balaban J connectivity index is 1.88. The summed E-state index contributed by atoms with van der Waals surface area (Å²) in [6, 6.07) is 8.91. The Hall–Kier alpha value is -0.900. The van der Waals surface area contributed by atoms with E-state index in [1.165, 1.54) is 17.5 Å². The first kappa shape index (κ1) is 12.6. The molecule has 1 aliphatic heterocycles. The van der Waals surface area contributed by atoms with Gasteiger partial charge in [-0.25, -0.2) is 0 Å². The molecule has 17 heavy (non-hydrogen) atoms. The van der Waals surface area contributed by atoms with Crippen LogP contribution < -0.4 is 5.32 Å². The second-order valence-electron chi connectivity index (χ2n) is 4.50. The van der Waals surface area contributed by atoms with Gasteiger partial charge in [0.05, 0.1) is 13.2 Å². The van der Waals surface area contributed by atoms with Gasteiger partial charge in [0, 0.05) is 26.3 Å². The summed E-state index contributed by atoms with van der Waals surface area (Å²) in [6.45, 7) is 3.33. The van der Waals surface area contributed by atoms with Gasteiger partial charge in [-0.15, -0.1) is 0 Å². The highest BCUT2D eigenvalue weighted by Gasteiger charge is 2.13. The number of hydrogen-bond acceptors (Lipinski definition) is 3. The molecule has 3 nitrogen and oxygen atoms in total. The van der Waals surface area contributed by atoms with Gasteiger partial charge >= 0.3 is 0 Å². The van der Waals surface area contributed by atoms with Crippen LogP contribution in [0.5, 0.6) is 0 Å². The monoisotopic (exact) mass is 235 g/mol. The predicted octanol–water partition coefficient (Wildman–Crippen LogP) is 2.10. The van der Waals surface area contributed by atoms with Gasteiger partial charge in [0.15, 0.2) is 0 Å². The molecule has 0 amide bonds. The largest absolute Gasteiger partial charge is 0.380 e. The van der Waals surface area contributed by atoms with Gasteiger partial charge < -0.3 is 14.8 Å². The van der Waals surface area contributed by atoms with E-state index in [1.54, 1.807) is 7.11 Å². The van der Waals surface area contributed by atoms with Crippen molar-refractivity contribution in [3.8, 4) is 0 Å². The van der Waals surface area contributed by atoms with Crippen molar-refractivity contribution in [2.75, 3.05) is 20.3 Å². The zero-order valence-corrected chi connectivity index (χ0v) is 10.4. The molecule has 2 rings (SSSR count). The second kappa shape index (κ2) is 6.74. The number of ether oxygens (including phenoxy) is 2. The highest BCUT2D eigenvalue weighted by molar-refractivity contribution is 5.26. The summed E-state index contributed by atoms with van der Waals surface area (Å²) in [5.41, 5.74) is 2.58. The van der Waals surface area contributed by atoms with Crippen molar-refractivity contribution in [3.63, 3.8) is 0 Å². The lowest BCUT2D eigenvalue weighted by Gasteiger charge is -2.23. The molecule has 1 heterocycles. The van der Waals surface area contributed by atoms with Gasteiger partial charge in [0.25, 0.3) is 0 Å². The minimum atomic E-state index is 0.499. The topological polar surface area (TPSA) is 30.5 Å². The Morgan fingerprint density at radius 2 is 2.18 bits per heavy atom. The van der Waals surface area contributed by atoms with Crippen LogP contribution in [0.25, 0.3) is 0 Å². The standard InChI is InChI=1S/C14H21NO2/c1-16-10-13-6-3-2-5-12(13)9-15-14-7-4-8-17-11-14/h2-3,5-6,14-15H,4,7-11H2,1H3. The van der Waals surface area contributed by atoms with Crippen LogP contribution in [0.3, 0.4) is 0 Å². The molecule has 0 spiro atoms. The summed E-state index contributed by atoms with van der Waals surface area (Å²) in [5.74, 6) is 0. The van der Waals surface area contributed by atoms with E-state index < -0.39 is 0 Å². The average Bonchev–Trinajstić information content (AvgIpc) is 2.39. The van der Waals surface area contributed by atoms with Crippen molar-refractivity contribution in [2.45, 2.75) is 32.0 Å². The minimum absolute atomic E-state index is 0.499. The number of hydrogen-bond donors (Lipinski definition) is 1. The third kappa shape index (κ3) is 3.80. The van der Waals surface area contributed by atoms with E-state index in [1.807, 2.05) is 0 Å². The molecule has 94 valence electrons. The Bertz CT molecular complexity index is 335. The molecule has 0 aliphatic carbocycles. The summed E-state index contributed by atoms with van der Waals surface area (Å²) in [5, 5.41) is 3.56. The van der Waals surface area contributed by atoms with E-state index in [4.69, 9.17) is 9.47 Å². The van der Waals surface area contributed by atoms with Crippen LogP contribution in [-0.4, -0.2) is 26.4 Å². The van der Waals surface area contributed by atoms with Crippen LogP contribution in [-0.2, 0) is 22.6 Å². The van der Waals surface area contributed by atoms with Gasteiger partial charge in [-0.1, -0.05) is 24.3 Å². The third-order valence-corrected chi connectivity index (χ3v) is 3.16. The molecule has 0 aromatic heterocycles. The van der Waals surface area contributed by atoms with Gasteiger partial charge in [-0.05, 0) is 24.0 Å². The van der Waals surface area contributed by atoms with Crippen molar-refractivity contribution in [1.29, 1.82) is 0 Å². The van der Waals surface area contributed by atoms with Crippen molar-refractivity contribution in [3.05, 3.63) is 35.4 Å². The summed E-state index contributed by atoms with van der Waals surface area (Å²) in [7, 11) is 1.74. The molecule has 1 aromatic rings. The molecule has 1 saturated heterocycles. The molecule has 1 N–H and O–H groups in total. The quantitative estimate of drug-likeness (QED) is 0.848. The number of benzene rings is 1. The summed E-state index contributed by atoms with van der Waals surface area (Å²) in [6.07, 6.45) is 2.38. The van der Waals surface area contributed by atoms with Crippen LogP contribution in [0.15, 0.2) is 24.3 Å².